The SMILES string of the molecule is CC(=O)N1CCc2c(sc(NC(=O)/C=C/c3cccs3)c2C#N)C1. The summed E-state index contributed by atoms with van der Waals surface area (Å²) in [7, 11) is 0. The summed E-state index contributed by atoms with van der Waals surface area (Å²) in [5.74, 6) is -0.237. The summed E-state index contributed by atoms with van der Waals surface area (Å²) in [4.78, 5) is 27.4. The van der Waals surface area contributed by atoms with Crippen LogP contribution in [0.5, 0.6) is 0 Å². The van der Waals surface area contributed by atoms with E-state index in [9.17, 15) is 14.9 Å². The first-order chi connectivity index (χ1) is 11.6. The van der Waals surface area contributed by atoms with E-state index in [-0.39, 0.29) is 11.8 Å². The lowest BCUT2D eigenvalue weighted by Gasteiger charge is -2.25. The van der Waals surface area contributed by atoms with Crippen molar-refractivity contribution >= 4 is 45.6 Å². The molecule has 24 heavy (non-hydrogen) atoms. The van der Waals surface area contributed by atoms with Crippen LogP contribution in [0.4, 0.5) is 5.00 Å². The molecule has 2 aromatic heterocycles. The first kappa shape index (κ1) is 16.4. The maximum Gasteiger partial charge on any atom is 0.249 e. The van der Waals surface area contributed by atoms with Crippen LogP contribution in [0.2, 0.25) is 0 Å². The molecule has 0 saturated heterocycles. The highest BCUT2D eigenvalue weighted by molar-refractivity contribution is 7.16. The molecule has 2 amide bonds. The fourth-order valence-electron chi connectivity index (χ4n) is 2.58. The Hall–Kier alpha value is -2.43. The van der Waals surface area contributed by atoms with E-state index in [0.29, 0.717) is 30.1 Å². The minimum Gasteiger partial charge on any atom is -0.337 e. The third-order valence-corrected chi connectivity index (χ3v) is 5.76. The van der Waals surface area contributed by atoms with Crippen molar-refractivity contribution in [2.24, 2.45) is 0 Å². The molecule has 1 aliphatic rings. The van der Waals surface area contributed by atoms with Crippen LogP contribution >= 0.6 is 22.7 Å². The van der Waals surface area contributed by atoms with Crippen molar-refractivity contribution in [2.45, 2.75) is 19.9 Å². The van der Waals surface area contributed by atoms with Crippen LogP contribution in [0.15, 0.2) is 23.6 Å². The minimum atomic E-state index is -0.262. The van der Waals surface area contributed by atoms with E-state index in [2.05, 4.69) is 11.4 Å². The molecule has 3 heterocycles. The van der Waals surface area contributed by atoms with Gasteiger partial charge in [0.25, 0.3) is 0 Å². The summed E-state index contributed by atoms with van der Waals surface area (Å²) in [6, 6.07) is 6.04. The van der Waals surface area contributed by atoms with Crippen LogP contribution in [-0.4, -0.2) is 23.3 Å². The molecule has 0 aromatic carbocycles. The number of amides is 2. The van der Waals surface area contributed by atoms with Crippen LogP contribution in [0.3, 0.4) is 0 Å². The predicted molar refractivity (Wildman–Crippen MR) is 95.8 cm³/mol. The second kappa shape index (κ2) is 6.99. The Morgan fingerprint density at radius 2 is 2.29 bits per heavy atom. The standard InChI is InChI=1S/C17H15N3O2S2/c1-11(21)20-7-6-13-14(9-18)17(24-15(13)10-20)19-16(22)5-4-12-3-2-8-23-12/h2-5,8H,6-7,10H2,1H3,(H,19,22)/b5-4+. The maximum absolute atomic E-state index is 12.1. The van der Waals surface area contributed by atoms with Gasteiger partial charge in [0.15, 0.2) is 0 Å². The van der Waals surface area contributed by atoms with Crippen molar-refractivity contribution in [1.29, 1.82) is 5.26 Å². The Morgan fingerprint density at radius 3 is 2.96 bits per heavy atom. The van der Waals surface area contributed by atoms with Gasteiger partial charge in [-0.2, -0.15) is 5.26 Å². The average Bonchev–Trinajstić information content (AvgIpc) is 3.19. The van der Waals surface area contributed by atoms with E-state index in [1.165, 1.54) is 17.4 Å². The van der Waals surface area contributed by atoms with E-state index in [0.717, 1.165) is 15.3 Å². The lowest BCUT2D eigenvalue weighted by atomic mass is 10.0. The second-order valence-electron chi connectivity index (χ2n) is 5.35. The number of anilines is 1. The lowest BCUT2D eigenvalue weighted by molar-refractivity contribution is -0.129. The van der Waals surface area contributed by atoms with Crippen LogP contribution in [0, 0.1) is 11.3 Å². The van der Waals surface area contributed by atoms with Gasteiger partial charge in [0.05, 0.1) is 12.1 Å². The average molecular weight is 357 g/mol. The summed E-state index contributed by atoms with van der Waals surface area (Å²) >= 11 is 2.93. The summed E-state index contributed by atoms with van der Waals surface area (Å²) in [6.07, 6.45) is 3.86. The van der Waals surface area contributed by atoms with Gasteiger partial charge in [-0.25, -0.2) is 0 Å². The fraction of sp³-hybridized carbons (Fsp3) is 0.235. The number of nitriles is 1. The van der Waals surface area contributed by atoms with Gasteiger partial charge in [-0.15, -0.1) is 22.7 Å². The zero-order valence-corrected chi connectivity index (χ0v) is 14.7. The zero-order chi connectivity index (χ0) is 17.1. The van der Waals surface area contributed by atoms with Crippen molar-refractivity contribution < 1.29 is 9.59 Å². The highest BCUT2D eigenvalue weighted by atomic mass is 32.1. The van der Waals surface area contributed by atoms with Crippen molar-refractivity contribution in [3.63, 3.8) is 0 Å². The molecule has 0 fully saturated rings. The van der Waals surface area contributed by atoms with Gasteiger partial charge in [-0.05, 0) is 29.5 Å². The first-order valence-electron chi connectivity index (χ1n) is 7.41. The van der Waals surface area contributed by atoms with Gasteiger partial charge in [0.1, 0.15) is 11.1 Å². The molecule has 0 unspecified atom stereocenters. The van der Waals surface area contributed by atoms with Crippen molar-refractivity contribution in [1.82, 2.24) is 4.90 Å². The molecule has 0 aliphatic carbocycles. The molecule has 7 heteroatoms. The van der Waals surface area contributed by atoms with Gasteiger partial charge in [-0.1, -0.05) is 6.07 Å². The summed E-state index contributed by atoms with van der Waals surface area (Å²) in [6.45, 7) is 2.66. The summed E-state index contributed by atoms with van der Waals surface area (Å²) < 4.78 is 0. The molecule has 0 spiro atoms. The van der Waals surface area contributed by atoms with Gasteiger partial charge in [-0.3, -0.25) is 9.59 Å². The predicted octanol–water partition coefficient (Wildman–Crippen LogP) is 3.24. The highest BCUT2D eigenvalue weighted by Gasteiger charge is 2.25. The van der Waals surface area contributed by atoms with Crippen molar-refractivity contribution in [2.75, 3.05) is 11.9 Å². The normalized spacial score (nSPS) is 13.6. The molecule has 122 valence electrons. The molecule has 1 aliphatic heterocycles. The van der Waals surface area contributed by atoms with E-state index < -0.39 is 0 Å². The number of carbonyl (C=O) groups excluding carboxylic acids is 2. The summed E-state index contributed by atoms with van der Waals surface area (Å²) in [5, 5.41) is 14.7. The lowest BCUT2D eigenvalue weighted by Crippen LogP contribution is -2.33. The number of nitrogens with one attached hydrogen (secondary N) is 1. The Kier molecular flexibility index (Phi) is 4.79. The first-order valence-corrected chi connectivity index (χ1v) is 9.11. The smallest absolute Gasteiger partial charge is 0.249 e. The fourth-order valence-corrected chi connectivity index (χ4v) is 4.41. The summed E-state index contributed by atoms with van der Waals surface area (Å²) in [5.41, 5.74) is 1.48. The molecule has 0 saturated carbocycles. The van der Waals surface area contributed by atoms with Crippen LogP contribution in [0.1, 0.15) is 27.8 Å². The number of hydrogen-bond donors (Lipinski definition) is 1. The highest BCUT2D eigenvalue weighted by Crippen LogP contribution is 2.36. The molecular weight excluding hydrogens is 342 g/mol. The number of thiophene rings is 2. The molecule has 2 aromatic rings. The van der Waals surface area contributed by atoms with E-state index in [1.807, 2.05) is 17.5 Å². The molecule has 0 radical (unpaired) electrons. The van der Waals surface area contributed by atoms with E-state index >= 15 is 0 Å². The molecule has 5 nitrogen and oxygen atoms in total. The largest absolute Gasteiger partial charge is 0.337 e. The molecule has 1 N–H and O–H groups in total. The third-order valence-electron chi connectivity index (χ3n) is 3.79. The van der Waals surface area contributed by atoms with Gasteiger partial charge in [0.2, 0.25) is 11.8 Å². The molecule has 3 rings (SSSR count). The van der Waals surface area contributed by atoms with Gasteiger partial charge < -0.3 is 10.2 Å². The van der Waals surface area contributed by atoms with Crippen LogP contribution in [0.25, 0.3) is 6.08 Å². The van der Waals surface area contributed by atoms with Gasteiger partial charge >= 0.3 is 0 Å². The Morgan fingerprint density at radius 1 is 1.46 bits per heavy atom. The van der Waals surface area contributed by atoms with Crippen LogP contribution in [-0.2, 0) is 22.6 Å². The Balaban J connectivity index is 1.78. The van der Waals surface area contributed by atoms with Crippen LogP contribution < -0.4 is 5.32 Å². The maximum atomic E-state index is 12.1. The topological polar surface area (TPSA) is 73.2 Å². The van der Waals surface area contributed by atoms with Crippen molar-refractivity contribution in [3.8, 4) is 6.07 Å². The molecular formula is C17H15N3O2S2. The molecule has 0 atom stereocenters. The quantitative estimate of drug-likeness (QED) is 0.857. The molecule has 0 bridgehead atoms. The van der Waals surface area contributed by atoms with Gasteiger partial charge in [0, 0.05) is 29.3 Å². The number of carbonyl (C=O) groups is 2. The zero-order valence-electron chi connectivity index (χ0n) is 13.0. The monoisotopic (exact) mass is 357 g/mol. The third kappa shape index (κ3) is 3.40. The number of rotatable bonds is 3. The number of nitrogens with zero attached hydrogens (tertiary/aromatic N) is 2. The van der Waals surface area contributed by atoms with E-state index in [1.54, 1.807) is 29.2 Å². The number of fused-ring (bicyclic) bond motifs is 1. The van der Waals surface area contributed by atoms with E-state index in [4.69, 9.17) is 0 Å². The Bertz CT molecular complexity index is 844. The van der Waals surface area contributed by atoms with Crippen molar-refractivity contribution in [3.05, 3.63) is 44.5 Å². The second-order valence-corrected chi connectivity index (χ2v) is 7.43. The minimum absolute atomic E-state index is 0.0250. The number of hydrogen-bond acceptors (Lipinski definition) is 5. The Labute approximate surface area is 147 Å².